The molecule has 6 N–H and O–H groups in total. The van der Waals surface area contributed by atoms with E-state index in [-0.39, 0.29) is 13.2 Å². The van der Waals surface area contributed by atoms with E-state index in [1.165, 1.54) is 0 Å². The van der Waals surface area contributed by atoms with E-state index in [9.17, 15) is 25.5 Å². The molecular formula is C12H20O10. The summed E-state index contributed by atoms with van der Waals surface area (Å²) in [7, 11) is 0. The molecule has 1 spiro atoms. The van der Waals surface area contributed by atoms with Gasteiger partial charge in [-0.25, -0.2) is 0 Å². The molecule has 1 unspecified atom stereocenters. The van der Waals surface area contributed by atoms with Gasteiger partial charge in [-0.3, -0.25) is 0 Å². The predicted molar refractivity (Wildman–Crippen MR) is 65.3 cm³/mol. The van der Waals surface area contributed by atoms with E-state index >= 15 is 0 Å². The Balaban J connectivity index is 1.84. The van der Waals surface area contributed by atoms with E-state index in [1.54, 1.807) is 0 Å². The highest BCUT2D eigenvalue weighted by Crippen LogP contribution is 2.37. The Bertz CT molecular complexity index is 407. The molecule has 2 bridgehead atoms. The Morgan fingerprint density at radius 3 is 2.27 bits per heavy atom. The van der Waals surface area contributed by atoms with Crippen LogP contribution in [0.15, 0.2) is 0 Å². The topological polar surface area (TPSA) is 158 Å². The minimum Gasteiger partial charge on any atom is -0.394 e. The van der Waals surface area contributed by atoms with Crippen molar-refractivity contribution in [1.29, 1.82) is 0 Å². The third kappa shape index (κ3) is 2.45. The monoisotopic (exact) mass is 324 g/mol. The van der Waals surface area contributed by atoms with Crippen LogP contribution in [-0.2, 0) is 18.9 Å². The second-order valence-electron chi connectivity index (χ2n) is 5.73. The number of hydrogen-bond donors (Lipinski definition) is 6. The average molecular weight is 324 g/mol. The molecule has 0 aromatic carbocycles. The molecular weight excluding hydrogens is 304 g/mol. The van der Waals surface area contributed by atoms with Gasteiger partial charge in [0.25, 0.3) is 0 Å². The zero-order valence-electron chi connectivity index (χ0n) is 11.6. The lowest BCUT2D eigenvalue weighted by Crippen LogP contribution is -2.64. The summed E-state index contributed by atoms with van der Waals surface area (Å²) >= 11 is 0. The minimum atomic E-state index is -1.86. The van der Waals surface area contributed by atoms with Gasteiger partial charge in [-0.1, -0.05) is 0 Å². The fraction of sp³-hybridized carbons (Fsp3) is 1.00. The van der Waals surface area contributed by atoms with Crippen molar-refractivity contribution < 1.29 is 49.6 Å². The lowest BCUT2D eigenvalue weighted by molar-refractivity contribution is -0.401. The standard InChI is InChI=1S/C12H20O10/c13-1-4-7(15)10(18)12(21-4)3-19-2-5-6(14)8(16)9(17)11(20-5)22-12/h4-11,13-18H,1-3H2/t4-,5-,6-,7-,8+,9-,10+,11-,12?/m1/s1. The Labute approximate surface area is 125 Å². The maximum atomic E-state index is 10.2. The molecule has 10 nitrogen and oxygen atoms in total. The van der Waals surface area contributed by atoms with Gasteiger partial charge in [0.05, 0.1) is 13.2 Å². The van der Waals surface area contributed by atoms with Gasteiger partial charge >= 0.3 is 0 Å². The van der Waals surface area contributed by atoms with Crippen LogP contribution in [0, 0.1) is 0 Å². The molecule has 128 valence electrons. The van der Waals surface area contributed by atoms with E-state index in [2.05, 4.69) is 0 Å². The molecule has 3 aliphatic heterocycles. The summed E-state index contributed by atoms with van der Waals surface area (Å²) in [6.07, 6.45) is -10.8. The molecule has 0 aromatic rings. The number of hydrogen-bond acceptors (Lipinski definition) is 10. The van der Waals surface area contributed by atoms with Gasteiger partial charge in [-0.2, -0.15) is 0 Å². The Morgan fingerprint density at radius 2 is 1.64 bits per heavy atom. The summed E-state index contributed by atoms with van der Waals surface area (Å²) in [6.45, 7) is -1.00. The zero-order chi connectivity index (χ0) is 16.1. The first-order chi connectivity index (χ1) is 10.4. The van der Waals surface area contributed by atoms with E-state index in [0.717, 1.165) is 0 Å². The van der Waals surface area contributed by atoms with Crippen LogP contribution in [0.25, 0.3) is 0 Å². The van der Waals surface area contributed by atoms with Crippen molar-refractivity contribution in [3.05, 3.63) is 0 Å². The summed E-state index contributed by atoms with van der Waals surface area (Å²) in [5, 5.41) is 58.7. The number of rotatable bonds is 1. The number of aliphatic hydroxyl groups excluding tert-OH is 6. The van der Waals surface area contributed by atoms with Crippen molar-refractivity contribution in [2.75, 3.05) is 19.8 Å². The van der Waals surface area contributed by atoms with Crippen LogP contribution in [-0.4, -0.2) is 105 Å². The summed E-state index contributed by atoms with van der Waals surface area (Å²) in [6, 6.07) is 0. The fourth-order valence-electron chi connectivity index (χ4n) is 2.92. The molecule has 0 amide bonds. The van der Waals surface area contributed by atoms with Gasteiger partial charge in [0, 0.05) is 0 Å². The van der Waals surface area contributed by atoms with Crippen LogP contribution < -0.4 is 0 Å². The van der Waals surface area contributed by atoms with Crippen LogP contribution in [0.2, 0.25) is 0 Å². The van der Waals surface area contributed by atoms with Gasteiger partial charge in [-0.15, -0.1) is 0 Å². The third-order valence-electron chi connectivity index (χ3n) is 4.26. The number of ether oxygens (including phenoxy) is 4. The first-order valence-corrected chi connectivity index (χ1v) is 6.99. The first-order valence-electron chi connectivity index (χ1n) is 6.99. The average Bonchev–Trinajstić information content (AvgIpc) is 2.72. The Hall–Kier alpha value is -0.400. The summed E-state index contributed by atoms with van der Waals surface area (Å²) < 4.78 is 21.4. The van der Waals surface area contributed by atoms with E-state index in [4.69, 9.17) is 24.1 Å². The number of fused-ring (bicyclic) bond motifs is 2. The zero-order valence-corrected chi connectivity index (χ0v) is 11.6. The van der Waals surface area contributed by atoms with Gasteiger partial charge < -0.3 is 49.6 Å². The van der Waals surface area contributed by atoms with Crippen molar-refractivity contribution >= 4 is 0 Å². The molecule has 10 heteroatoms. The van der Waals surface area contributed by atoms with Gasteiger partial charge in [0.2, 0.25) is 5.79 Å². The molecule has 3 aliphatic rings. The summed E-state index contributed by atoms with van der Waals surface area (Å²) in [5.74, 6) is -1.86. The van der Waals surface area contributed by atoms with Gasteiger partial charge in [-0.05, 0) is 0 Å². The molecule has 0 aromatic heterocycles. The number of aliphatic hydroxyl groups is 6. The molecule has 3 fully saturated rings. The van der Waals surface area contributed by atoms with Crippen LogP contribution >= 0.6 is 0 Å². The van der Waals surface area contributed by atoms with Gasteiger partial charge in [0.1, 0.15) is 49.3 Å². The molecule has 22 heavy (non-hydrogen) atoms. The van der Waals surface area contributed by atoms with Crippen molar-refractivity contribution in [3.63, 3.8) is 0 Å². The van der Waals surface area contributed by atoms with Gasteiger partial charge in [0.15, 0.2) is 6.29 Å². The van der Waals surface area contributed by atoms with Crippen molar-refractivity contribution in [1.82, 2.24) is 0 Å². The summed E-state index contributed by atoms with van der Waals surface area (Å²) in [5.41, 5.74) is 0. The van der Waals surface area contributed by atoms with E-state index < -0.39 is 61.4 Å². The molecule has 0 aliphatic carbocycles. The molecule has 9 atom stereocenters. The van der Waals surface area contributed by atoms with Crippen LogP contribution in [0.4, 0.5) is 0 Å². The Morgan fingerprint density at radius 1 is 0.909 bits per heavy atom. The molecule has 0 saturated carbocycles. The second-order valence-corrected chi connectivity index (χ2v) is 5.73. The lowest BCUT2D eigenvalue weighted by Gasteiger charge is -2.46. The normalized spacial score (nSPS) is 55.9. The highest BCUT2D eigenvalue weighted by atomic mass is 16.8. The highest BCUT2D eigenvalue weighted by Gasteiger charge is 2.59. The minimum absolute atomic E-state index is 0.136. The van der Waals surface area contributed by atoms with Crippen molar-refractivity contribution in [2.24, 2.45) is 0 Å². The van der Waals surface area contributed by atoms with E-state index in [0.29, 0.717) is 0 Å². The highest BCUT2D eigenvalue weighted by molar-refractivity contribution is 4.99. The fourth-order valence-corrected chi connectivity index (χ4v) is 2.92. The molecule has 3 heterocycles. The predicted octanol–water partition coefficient (Wildman–Crippen LogP) is -4.35. The quantitative estimate of drug-likeness (QED) is 0.278. The van der Waals surface area contributed by atoms with Crippen molar-refractivity contribution in [3.8, 4) is 0 Å². The molecule has 3 saturated heterocycles. The second kappa shape index (κ2) is 5.91. The smallest absolute Gasteiger partial charge is 0.224 e. The lowest BCUT2D eigenvalue weighted by atomic mass is 9.98. The summed E-state index contributed by atoms with van der Waals surface area (Å²) in [4.78, 5) is 0. The maximum Gasteiger partial charge on any atom is 0.224 e. The SMILES string of the molecule is OC[C@H]1OC2(COC[C@H]3O[C@H](O2)[C@H](O)[C@@H](O)[C@@H]3O)[C@@H](O)[C@@H]1O. The molecule has 3 rings (SSSR count). The first kappa shape index (κ1) is 16.5. The Kier molecular flexibility index (Phi) is 4.42. The van der Waals surface area contributed by atoms with E-state index in [1.807, 2.05) is 0 Å². The van der Waals surface area contributed by atoms with Crippen LogP contribution in [0.3, 0.4) is 0 Å². The van der Waals surface area contributed by atoms with Crippen LogP contribution in [0.5, 0.6) is 0 Å². The third-order valence-corrected chi connectivity index (χ3v) is 4.26. The largest absolute Gasteiger partial charge is 0.394 e. The van der Waals surface area contributed by atoms with Crippen molar-refractivity contribution in [2.45, 2.75) is 54.8 Å². The molecule has 0 radical (unpaired) electrons. The van der Waals surface area contributed by atoms with Crippen LogP contribution in [0.1, 0.15) is 0 Å². The maximum absolute atomic E-state index is 10.2.